The molecule has 0 aromatic carbocycles. The van der Waals surface area contributed by atoms with E-state index < -0.39 is 5.97 Å². The lowest BCUT2D eigenvalue weighted by molar-refractivity contribution is -0.124. The minimum absolute atomic E-state index is 0.0395. The molecule has 3 heterocycles. The summed E-state index contributed by atoms with van der Waals surface area (Å²) in [4.78, 5) is 36.0. The summed E-state index contributed by atoms with van der Waals surface area (Å²) in [5.74, 6) is 0.350. The number of rotatable bonds is 8. The Labute approximate surface area is 218 Å². The number of ether oxygens (including phenoxy) is 1. The molecule has 0 radical (unpaired) electrons. The highest BCUT2D eigenvalue weighted by atomic mass is 32.1. The Kier molecular flexibility index (Phi) is 8.35. The van der Waals surface area contributed by atoms with E-state index >= 15 is 0 Å². The molecule has 1 amide bonds. The van der Waals surface area contributed by atoms with Crippen LogP contribution in [0.15, 0.2) is 30.5 Å². The zero-order valence-electron chi connectivity index (χ0n) is 21.9. The normalized spacial score (nSPS) is 22.9. The number of carboxylic acid groups (broad SMARTS) is 1. The van der Waals surface area contributed by atoms with Crippen molar-refractivity contribution >= 4 is 28.9 Å². The fraction of sp³-hybridized carbons (Fsp3) is 0.607. The van der Waals surface area contributed by atoms with Crippen LogP contribution in [0.1, 0.15) is 74.3 Å². The molecule has 1 saturated heterocycles. The van der Waals surface area contributed by atoms with Crippen LogP contribution >= 0.6 is 11.3 Å². The molecule has 8 heteroatoms. The number of carboxylic acids is 1. The molecule has 0 unspecified atom stereocenters. The Morgan fingerprint density at radius 2 is 1.94 bits per heavy atom. The second-order valence-electron chi connectivity index (χ2n) is 11.3. The van der Waals surface area contributed by atoms with Gasteiger partial charge in [0.2, 0.25) is 11.8 Å². The average molecular weight is 514 g/mol. The molecular formula is C28H39N3O4S. The third kappa shape index (κ3) is 6.27. The zero-order valence-corrected chi connectivity index (χ0v) is 22.7. The summed E-state index contributed by atoms with van der Waals surface area (Å²) in [7, 11) is 0. The first kappa shape index (κ1) is 26.6. The molecule has 36 heavy (non-hydrogen) atoms. The summed E-state index contributed by atoms with van der Waals surface area (Å²) in [5, 5.41) is 10.1. The van der Waals surface area contributed by atoms with E-state index in [9.17, 15) is 14.7 Å². The molecule has 1 aliphatic heterocycles. The van der Waals surface area contributed by atoms with Gasteiger partial charge in [-0.2, -0.15) is 0 Å². The van der Waals surface area contributed by atoms with Crippen LogP contribution in [-0.2, 0) is 10.2 Å². The van der Waals surface area contributed by atoms with Crippen molar-refractivity contribution in [3.8, 4) is 5.88 Å². The molecule has 2 aromatic rings. The third-order valence-corrected chi connectivity index (χ3v) is 8.95. The molecule has 1 aliphatic carbocycles. The number of likely N-dealkylation sites (tertiary alicyclic amines) is 1. The van der Waals surface area contributed by atoms with E-state index in [1.807, 2.05) is 29.2 Å². The zero-order chi connectivity index (χ0) is 25.9. The minimum atomic E-state index is -0.959. The van der Waals surface area contributed by atoms with Gasteiger partial charge in [-0.15, -0.1) is 11.3 Å². The molecule has 7 nitrogen and oxygen atoms in total. The van der Waals surface area contributed by atoms with E-state index in [0.29, 0.717) is 30.6 Å². The van der Waals surface area contributed by atoms with Crippen LogP contribution in [0.3, 0.4) is 0 Å². The van der Waals surface area contributed by atoms with Crippen LogP contribution in [0.25, 0.3) is 0 Å². The Morgan fingerprint density at radius 3 is 2.58 bits per heavy atom. The molecular weight excluding hydrogens is 474 g/mol. The van der Waals surface area contributed by atoms with Gasteiger partial charge in [0.05, 0.1) is 11.7 Å². The quantitative estimate of drug-likeness (QED) is 0.505. The van der Waals surface area contributed by atoms with E-state index in [1.54, 1.807) is 6.20 Å². The van der Waals surface area contributed by atoms with E-state index in [1.165, 1.54) is 11.3 Å². The topological polar surface area (TPSA) is 83.0 Å². The number of carbonyl (C=O) groups is 2. The second kappa shape index (κ2) is 11.3. The third-order valence-electron chi connectivity index (χ3n) is 7.42. The second-order valence-corrected chi connectivity index (χ2v) is 12.4. The van der Waals surface area contributed by atoms with Crippen LogP contribution in [0.5, 0.6) is 5.88 Å². The molecule has 1 N–H and O–H groups in total. The maximum atomic E-state index is 14.0. The van der Waals surface area contributed by atoms with Crippen molar-refractivity contribution in [2.75, 3.05) is 31.1 Å². The molecule has 0 bridgehead atoms. The minimum Gasteiger partial charge on any atom is -0.477 e. The van der Waals surface area contributed by atoms with Crippen molar-refractivity contribution in [1.82, 2.24) is 9.88 Å². The molecule has 4 rings (SSSR count). The van der Waals surface area contributed by atoms with Gasteiger partial charge in [0.15, 0.2) is 0 Å². The van der Waals surface area contributed by atoms with Crippen molar-refractivity contribution in [1.29, 1.82) is 0 Å². The van der Waals surface area contributed by atoms with Gasteiger partial charge in [0, 0.05) is 42.7 Å². The summed E-state index contributed by atoms with van der Waals surface area (Å²) in [6, 6.07) is 7.51. The lowest BCUT2D eigenvalue weighted by atomic mass is 9.82. The summed E-state index contributed by atoms with van der Waals surface area (Å²) in [6.07, 6.45) is 6.39. The molecule has 1 saturated carbocycles. The number of amides is 1. The predicted octanol–water partition coefficient (Wildman–Crippen LogP) is 5.45. The summed E-state index contributed by atoms with van der Waals surface area (Å²) in [5.41, 5.74) is 0.393. The van der Waals surface area contributed by atoms with Crippen LogP contribution in [0, 0.1) is 11.8 Å². The fourth-order valence-electron chi connectivity index (χ4n) is 5.22. The van der Waals surface area contributed by atoms with E-state index in [-0.39, 0.29) is 28.2 Å². The number of hydrogen-bond acceptors (Lipinski definition) is 6. The Morgan fingerprint density at radius 1 is 1.19 bits per heavy atom. The Hall–Kier alpha value is -2.45. The smallest absolute Gasteiger partial charge is 0.348 e. The van der Waals surface area contributed by atoms with Crippen LogP contribution in [0.2, 0.25) is 0 Å². The van der Waals surface area contributed by atoms with Crippen molar-refractivity contribution in [2.24, 2.45) is 11.8 Å². The lowest BCUT2D eigenvalue weighted by Crippen LogP contribution is -2.46. The van der Waals surface area contributed by atoms with Crippen molar-refractivity contribution in [3.63, 3.8) is 0 Å². The number of thiophene rings is 1. The Bertz CT molecular complexity index is 1040. The first-order valence-corrected chi connectivity index (χ1v) is 13.9. The Balaban J connectivity index is 1.55. The van der Waals surface area contributed by atoms with Crippen LogP contribution in [0.4, 0.5) is 5.69 Å². The monoisotopic (exact) mass is 513 g/mol. The van der Waals surface area contributed by atoms with Crippen molar-refractivity contribution < 1.29 is 19.4 Å². The lowest BCUT2D eigenvalue weighted by Gasteiger charge is -2.35. The number of aromatic nitrogens is 1. The van der Waals surface area contributed by atoms with E-state index in [0.717, 1.165) is 50.1 Å². The molecule has 0 spiro atoms. The van der Waals surface area contributed by atoms with Gasteiger partial charge in [0.1, 0.15) is 11.5 Å². The van der Waals surface area contributed by atoms with Crippen LogP contribution < -0.4 is 9.64 Å². The van der Waals surface area contributed by atoms with Gasteiger partial charge < -0.3 is 14.7 Å². The average Bonchev–Trinajstić information content (AvgIpc) is 3.49. The summed E-state index contributed by atoms with van der Waals surface area (Å²) >= 11 is 1.30. The number of hydrogen-bond donors (Lipinski definition) is 1. The molecule has 1 atom stereocenters. The fourth-order valence-corrected chi connectivity index (χ4v) is 6.27. The first-order valence-electron chi connectivity index (χ1n) is 13.1. The molecule has 2 aliphatic rings. The summed E-state index contributed by atoms with van der Waals surface area (Å²) < 4.78 is 5.78. The largest absolute Gasteiger partial charge is 0.477 e. The van der Waals surface area contributed by atoms with Gasteiger partial charge in [0.25, 0.3) is 0 Å². The van der Waals surface area contributed by atoms with Gasteiger partial charge in [-0.3, -0.25) is 9.69 Å². The van der Waals surface area contributed by atoms with Gasteiger partial charge in [-0.05, 0) is 55.6 Å². The first-order chi connectivity index (χ1) is 17.1. The van der Waals surface area contributed by atoms with Crippen molar-refractivity contribution in [3.05, 3.63) is 40.2 Å². The van der Waals surface area contributed by atoms with E-state index in [2.05, 4.69) is 37.6 Å². The predicted molar refractivity (Wildman–Crippen MR) is 143 cm³/mol. The molecule has 2 aromatic heterocycles. The number of carbonyl (C=O) groups excluding carboxylic acids is 1. The van der Waals surface area contributed by atoms with Gasteiger partial charge in [-0.1, -0.05) is 33.8 Å². The highest BCUT2D eigenvalue weighted by Gasteiger charge is 2.39. The number of anilines is 1. The van der Waals surface area contributed by atoms with Gasteiger partial charge >= 0.3 is 5.97 Å². The number of pyridine rings is 1. The van der Waals surface area contributed by atoms with Gasteiger partial charge in [-0.25, -0.2) is 9.78 Å². The standard InChI is InChI=1S/C28H39N3O4S/c1-19-8-10-20(11-9-19)26(32)31(22-17-23(28(2,3)4)36-25(22)27(33)34)21-12-14-30(18-21)15-16-35-24-7-5-6-13-29-24/h5-7,13,17,19-21H,8-12,14-16,18H2,1-4H3,(H,33,34)/t19?,20?,21-/m0/s1. The molecule has 196 valence electrons. The van der Waals surface area contributed by atoms with Crippen LogP contribution in [-0.4, -0.2) is 59.1 Å². The maximum Gasteiger partial charge on any atom is 0.348 e. The number of nitrogens with zero attached hydrogens (tertiary/aromatic N) is 3. The maximum absolute atomic E-state index is 14.0. The van der Waals surface area contributed by atoms with Crippen molar-refractivity contribution in [2.45, 2.75) is 71.3 Å². The van der Waals surface area contributed by atoms with E-state index in [4.69, 9.17) is 4.74 Å². The molecule has 2 fully saturated rings. The highest BCUT2D eigenvalue weighted by molar-refractivity contribution is 7.14. The summed E-state index contributed by atoms with van der Waals surface area (Å²) in [6.45, 7) is 11.3. The SMILES string of the molecule is CC1CCC(C(=O)N(c2cc(C(C)(C)C)sc2C(=O)O)[C@H]2CCN(CCOc3ccccn3)C2)CC1. The highest BCUT2D eigenvalue weighted by Crippen LogP contribution is 2.41. The number of aromatic carboxylic acids is 1.